The molecule has 0 aliphatic carbocycles. The van der Waals surface area contributed by atoms with E-state index in [0.29, 0.717) is 11.1 Å². The molecular formula is C31H28FN8O9S2+. The second-order valence-corrected chi connectivity index (χ2v) is 13.0. The van der Waals surface area contributed by atoms with Gasteiger partial charge in [0.25, 0.3) is 17.7 Å². The maximum atomic E-state index is 15.5. The highest BCUT2D eigenvalue weighted by Crippen LogP contribution is 2.40. The SMILES string of the molecule is CO/N=C(\C(=O)N[C@@H]1C(=O)N2C(C(=O)O)=C(C[n+]3cccc(-c4ccc(-n5cc(CC(=O)NOC)oc5=O)cc4F)c3)CS[C@@H]12)c1csc(N)n1. The molecular weight excluding hydrogens is 712 g/mol. The lowest BCUT2D eigenvalue weighted by Crippen LogP contribution is -2.71. The molecule has 5 N–H and O–H groups in total. The Bertz CT molecular complexity index is 2180. The van der Waals surface area contributed by atoms with Gasteiger partial charge in [0, 0.05) is 33.9 Å². The number of nitrogens with two attached hydrogens (primary N) is 1. The van der Waals surface area contributed by atoms with Crippen molar-refractivity contribution in [1.82, 2.24) is 25.2 Å². The zero-order valence-electron chi connectivity index (χ0n) is 26.7. The molecule has 0 radical (unpaired) electrons. The van der Waals surface area contributed by atoms with Crippen LogP contribution in [0.1, 0.15) is 11.5 Å². The van der Waals surface area contributed by atoms with Gasteiger partial charge in [0.05, 0.1) is 25.4 Å². The molecule has 2 aliphatic heterocycles. The maximum Gasteiger partial charge on any atom is 0.423 e. The molecule has 0 saturated carbocycles. The molecule has 2 aliphatic rings. The number of β-lactam (4-membered cyclic amide) rings is 1. The number of hydrogen-bond acceptors (Lipinski definition) is 13. The first-order chi connectivity index (χ1) is 24.5. The summed E-state index contributed by atoms with van der Waals surface area (Å²) in [5, 5.41) is 17.5. The number of aromatic nitrogens is 3. The Hall–Kier alpha value is -5.86. The second kappa shape index (κ2) is 14.5. The molecule has 1 saturated heterocycles. The first-order valence-corrected chi connectivity index (χ1v) is 16.8. The smallest absolute Gasteiger partial charge is 0.423 e. The number of hydroxylamine groups is 1. The van der Waals surface area contributed by atoms with Crippen LogP contribution in [0.3, 0.4) is 0 Å². The number of carbonyl (C=O) groups is 4. The molecule has 0 unspecified atom stereocenters. The number of thiazole rings is 1. The Labute approximate surface area is 295 Å². The molecule has 4 aromatic rings. The quantitative estimate of drug-likeness (QED) is 0.0678. The maximum absolute atomic E-state index is 15.5. The minimum Gasteiger partial charge on any atom is -0.477 e. The zero-order valence-corrected chi connectivity index (χ0v) is 28.3. The van der Waals surface area contributed by atoms with Crippen molar-refractivity contribution in [1.29, 1.82) is 0 Å². The number of benzene rings is 1. The van der Waals surface area contributed by atoms with E-state index in [1.807, 2.05) is 0 Å². The fourth-order valence-electron chi connectivity index (χ4n) is 5.55. The van der Waals surface area contributed by atoms with E-state index in [-0.39, 0.29) is 58.0 Å². The number of fused-ring (bicyclic) bond motifs is 1. The first kappa shape index (κ1) is 35.0. The molecule has 6 rings (SSSR count). The topological polar surface area (TPSA) is 225 Å². The van der Waals surface area contributed by atoms with Crippen molar-refractivity contribution in [2.45, 2.75) is 24.4 Å². The predicted octanol–water partition coefficient (Wildman–Crippen LogP) is 0.572. The third-order valence-electron chi connectivity index (χ3n) is 7.71. The highest BCUT2D eigenvalue weighted by Gasteiger charge is 2.54. The van der Waals surface area contributed by atoms with Gasteiger partial charge in [-0.25, -0.2) is 33.6 Å². The molecule has 264 valence electrons. The van der Waals surface area contributed by atoms with E-state index >= 15 is 4.39 Å². The number of carboxylic acids is 1. The monoisotopic (exact) mass is 739 g/mol. The fraction of sp³-hybridized carbons (Fsp3) is 0.226. The van der Waals surface area contributed by atoms with Crippen molar-refractivity contribution < 1.29 is 47.3 Å². The van der Waals surface area contributed by atoms with Crippen molar-refractivity contribution >= 4 is 57.6 Å². The van der Waals surface area contributed by atoms with Crippen molar-refractivity contribution in [3.63, 3.8) is 0 Å². The van der Waals surface area contributed by atoms with Gasteiger partial charge >= 0.3 is 11.7 Å². The zero-order chi connectivity index (χ0) is 36.4. The number of rotatable bonds is 12. The van der Waals surface area contributed by atoms with E-state index in [4.69, 9.17) is 15.0 Å². The molecule has 3 amide bonds. The number of thioether (sulfide) groups is 1. The first-order valence-electron chi connectivity index (χ1n) is 14.8. The minimum atomic E-state index is -1.32. The van der Waals surface area contributed by atoms with Crippen LogP contribution in [0.15, 0.2) is 79.9 Å². The van der Waals surface area contributed by atoms with Crippen LogP contribution >= 0.6 is 23.1 Å². The van der Waals surface area contributed by atoms with Crippen LogP contribution < -0.4 is 26.9 Å². The molecule has 1 fully saturated rings. The van der Waals surface area contributed by atoms with E-state index in [1.54, 1.807) is 29.1 Å². The van der Waals surface area contributed by atoms with Gasteiger partial charge in [-0.1, -0.05) is 5.16 Å². The fourth-order valence-corrected chi connectivity index (χ4v) is 7.43. The standard InChI is InChI=1S/C31H27FN8O9S2/c1-47-36-22(41)9-18-12-39(31(46)49-18)17-5-6-19(20(32)8-17)15-4-3-7-38(10-15)11-16-13-50-28-24(27(43)40(28)25(16)29(44)45)35-26(42)23(37-48-2)21-14-51-30(33)34-21/h3-8,10,12,14,24,28H,9,11,13H2,1-2H3,(H4-,33,34,35,36,41,42,44,45)/p+1/b37-23-/t24-,28+/m1/s1. The number of hydrogen-bond donors (Lipinski definition) is 4. The van der Waals surface area contributed by atoms with Crippen LogP contribution in [0.4, 0.5) is 9.52 Å². The number of oxazole rings is 1. The molecule has 17 nitrogen and oxygen atoms in total. The Morgan fingerprint density at radius 3 is 2.75 bits per heavy atom. The third kappa shape index (κ3) is 7.09. The van der Waals surface area contributed by atoms with Crippen molar-refractivity contribution in [2.75, 3.05) is 25.7 Å². The van der Waals surface area contributed by atoms with E-state index in [2.05, 4.69) is 25.8 Å². The summed E-state index contributed by atoms with van der Waals surface area (Å²) in [6, 6.07) is 6.43. The van der Waals surface area contributed by atoms with E-state index < -0.39 is 46.7 Å². The molecule has 51 heavy (non-hydrogen) atoms. The van der Waals surface area contributed by atoms with Crippen LogP contribution in [0.5, 0.6) is 0 Å². The Kier molecular flexibility index (Phi) is 9.98. The van der Waals surface area contributed by atoms with Crippen molar-refractivity contribution in [2.24, 2.45) is 5.16 Å². The highest BCUT2D eigenvalue weighted by molar-refractivity contribution is 8.00. The number of pyridine rings is 1. The number of carboxylic acid groups (broad SMARTS) is 1. The molecule has 20 heteroatoms. The number of anilines is 1. The molecule has 3 aromatic heterocycles. The molecule has 1 aromatic carbocycles. The van der Waals surface area contributed by atoms with Gasteiger partial charge in [0.1, 0.15) is 41.5 Å². The van der Waals surface area contributed by atoms with E-state index in [1.165, 1.54) is 49.7 Å². The minimum absolute atomic E-state index is 0.0499. The van der Waals surface area contributed by atoms with Gasteiger partial charge in [-0.3, -0.25) is 24.1 Å². The number of nitrogens with one attached hydrogen (secondary N) is 2. The molecule has 0 bridgehead atoms. The Morgan fingerprint density at radius 2 is 2.06 bits per heavy atom. The molecule has 5 heterocycles. The lowest BCUT2D eigenvalue weighted by molar-refractivity contribution is -0.688. The van der Waals surface area contributed by atoms with E-state index in [9.17, 15) is 29.1 Å². The van der Waals surface area contributed by atoms with Crippen LogP contribution in [0.2, 0.25) is 0 Å². The number of nitrogen functional groups attached to an aromatic ring is 1. The molecule has 2 atom stereocenters. The lowest BCUT2D eigenvalue weighted by Gasteiger charge is -2.49. The summed E-state index contributed by atoms with van der Waals surface area (Å²) in [4.78, 5) is 77.4. The average molecular weight is 740 g/mol. The van der Waals surface area contributed by atoms with E-state index in [0.717, 1.165) is 26.9 Å². The summed E-state index contributed by atoms with van der Waals surface area (Å²) < 4.78 is 23.3. The second-order valence-electron chi connectivity index (χ2n) is 11.0. The predicted molar refractivity (Wildman–Crippen MR) is 179 cm³/mol. The summed E-state index contributed by atoms with van der Waals surface area (Å²) in [6.07, 6.45) is 4.32. The Balaban J connectivity index is 1.18. The summed E-state index contributed by atoms with van der Waals surface area (Å²) in [5.74, 6) is -4.41. The average Bonchev–Trinajstić information content (AvgIpc) is 3.69. The van der Waals surface area contributed by atoms with Gasteiger partial charge in [-0.15, -0.1) is 23.1 Å². The number of carbonyl (C=O) groups excluding carboxylic acids is 3. The number of aliphatic carboxylic acids is 1. The lowest BCUT2D eigenvalue weighted by atomic mass is 10.0. The summed E-state index contributed by atoms with van der Waals surface area (Å²) in [5.41, 5.74) is 8.80. The van der Waals surface area contributed by atoms with Gasteiger partial charge in [0.15, 0.2) is 29.8 Å². The number of oxime groups is 1. The number of nitrogens with zero attached hydrogens (tertiary/aromatic N) is 5. The highest BCUT2D eigenvalue weighted by atomic mass is 32.2. The third-order valence-corrected chi connectivity index (χ3v) is 9.72. The van der Waals surface area contributed by atoms with Gasteiger partial charge in [-0.05, 0) is 24.3 Å². The van der Waals surface area contributed by atoms with Crippen LogP contribution in [0.25, 0.3) is 16.8 Å². The van der Waals surface area contributed by atoms with Gasteiger partial charge in [0.2, 0.25) is 0 Å². The van der Waals surface area contributed by atoms with Crippen LogP contribution in [-0.4, -0.2) is 80.3 Å². The summed E-state index contributed by atoms with van der Waals surface area (Å²) in [7, 11) is 2.51. The molecule has 0 spiro atoms. The van der Waals surface area contributed by atoms with Gasteiger partial charge < -0.3 is 25.4 Å². The summed E-state index contributed by atoms with van der Waals surface area (Å²) in [6.45, 7) is 0.0649. The summed E-state index contributed by atoms with van der Waals surface area (Å²) >= 11 is 2.37. The van der Waals surface area contributed by atoms with Crippen LogP contribution in [-0.2, 0) is 41.8 Å². The normalized spacial score (nSPS) is 17.1. The number of amides is 3. The van der Waals surface area contributed by atoms with Crippen LogP contribution in [0, 0.1) is 5.82 Å². The van der Waals surface area contributed by atoms with Crippen molar-refractivity contribution in [3.8, 4) is 16.8 Å². The Morgan fingerprint density at radius 1 is 1.25 bits per heavy atom. The van der Waals surface area contributed by atoms with Gasteiger partial charge in [-0.2, -0.15) is 0 Å². The largest absolute Gasteiger partial charge is 0.477 e. The van der Waals surface area contributed by atoms with Crippen molar-refractivity contribution in [3.05, 3.63) is 93.4 Å². The number of halogens is 1.